The number of halogens is 2. The maximum Gasteiger partial charge on any atom is 0.409 e. The lowest BCUT2D eigenvalue weighted by Crippen LogP contribution is -1.95. The predicted octanol–water partition coefficient (Wildman–Crippen LogP) is 5.31. The molecule has 21 heavy (non-hydrogen) atoms. The summed E-state index contributed by atoms with van der Waals surface area (Å²) in [5.41, 5.74) is -1.75. The zero-order valence-corrected chi connectivity index (χ0v) is 12.7. The molecule has 0 aromatic heterocycles. The highest BCUT2D eigenvalue weighted by atomic mass is 35.5. The van der Waals surface area contributed by atoms with E-state index in [1.54, 1.807) is 48.5 Å². The van der Waals surface area contributed by atoms with Gasteiger partial charge in [0.2, 0.25) is 0 Å². The van der Waals surface area contributed by atoms with E-state index in [1.807, 2.05) is 0 Å². The average molecular weight is 343 g/mol. The first kappa shape index (κ1) is 15.7. The molecule has 0 saturated heterocycles. The van der Waals surface area contributed by atoms with Gasteiger partial charge in [0.05, 0.1) is 0 Å². The summed E-state index contributed by atoms with van der Waals surface area (Å²) in [4.78, 5) is 23.1. The number of ether oxygens (including phenoxy) is 2. The molecule has 0 aliphatic carbocycles. The summed E-state index contributed by atoms with van der Waals surface area (Å²) in [6, 6.07) is 13.8. The summed E-state index contributed by atoms with van der Waals surface area (Å²) < 4.78 is 9.46. The highest BCUT2D eigenvalue weighted by molar-refractivity contribution is 7.99. The molecule has 7 heteroatoms. The Bertz CT molecular complexity index is 584. The highest BCUT2D eigenvalue weighted by Gasteiger charge is 2.03. The second-order valence-electron chi connectivity index (χ2n) is 3.72. The highest BCUT2D eigenvalue weighted by Crippen LogP contribution is 2.30. The van der Waals surface area contributed by atoms with Crippen LogP contribution >= 0.6 is 35.0 Å². The van der Waals surface area contributed by atoms with E-state index in [9.17, 15) is 9.59 Å². The Morgan fingerprint density at radius 3 is 1.33 bits per heavy atom. The van der Waals surface area contributed by atoms with Gasteiger partial charge in [0.15, 0.2) is 0 Å². The molecule has 0 bridgehead atoms. The third kappa shape index (κ3) is 5.30. The van der Waals surface area contributed by atoms with Gasteiger partial charge in [-0.3, -0.25) is 0 Å². The van der Waals surface area contributed by atoms with Crippen molar-refractivity contribution < 1.29 is 19.1 Å². The molecule has 0 fully saturated rings. The van der Waals surface area contributed by atoms with E-state index in [2.05, 4.69) is 0 Å². The Kier molecular flexibility index (Phi) is 5.50. The van der Waals surface area contributed by atoms with Gasteiger partial charge < -0.3 is 9.47 Å². The van der Waals surface area contributed by atoms with Gasteiger partial charge in [-0.05, 0) is 48.5 Å². The van der Waals surface area contributed by atoms with E-state index < -0.39 is 10.9 Å². The number of hydrogen-bond acceptors (Lipinski definition) is 5. The Morgan fingerprint density at radius 1 is 0.714 bits per heavy atom. The molecule has 0 N–H and O–H groups in total. The molecular weight excluding hydrogens is 335 g/mol. The second-order valence-corrected chi connectivity index (χ2v) is 5.49. The van der Waals surface area contributed by atoms with Gasteiger partial charge >= 0.3 is 10.9 Å². The molecule has 0 spiro atoms. The first-order valence-electron chi connectivity index (χ1n) is 5.65. The number of carbonyl (C=O) groups is 2. The van der Waals surface area contributed by atoms with Crippen LogP contribution in [-0.2, 0) is 0 Å². The minimum Gasteiger partial charge on any atom is -0.415 e. The van der Waals surface area contributed by atoms with E-state index in [0.717, 1.165) is 9.79 Å². The number of rotatable bonds is 4. The van der Waals surface area contributed by atoms with E-state index >= 15 is 0 Å². The molecule has 2 aromatic rings. The molecule has 0 aliphatic heterocycles. The van der Waals surface area contributed by atoms with Crippen LogP contribution in [-0.4, -0.2) is 10.9 Å². The Morgan fingerprint density at radius 2 is 1.05 bits per heavy atom. The van der Waals surface area contributed by atoms with Gasteiger partial charge in [0.25, 0.3) is 0 Å². The van der Waals surface area contributed by atoms with Crippen LogP contribution in [0.4, 0.5) is 9.59 Å². The Balaban J connectivity index is 2.01. The molecule has 0 saturated carbocycles. The van der Waals surface area contributed by atoms with Crippen molar-refractivity contribution in [1.82, 2.24) is 0 Å². The molecule has 4 nitrogen and oxygen atoms in total. The Hall–Kier alpha value is -1.69. The summed E-state index contributed by atoms with van der Waals surface area (Å²) in [5, 5.41) is 0. The predicted molar refractivity (Wildman–Crippen MR) is 80.8 cm³/mol. The summed E-state index contributed by atoms with van der Waals surface area (Å²) in [5.74, 6) is 0.757. The van der Waals surface area contributed by atoms with Crippen LogP contribution in [0, 0.1) is 0 Å². The maximum absolute atomic E-state index is 10.6. The van der Waals surface area contributed by atoms with Gasteiger partial charge in [-0.2, -0.15) is 0 Å². The number of hydrogen-bond donors (Lipinski definition) is 0. The van der Waals surface area contributed by atoms with Crippen LogP contribution in [0.25, 0.3) is 0 Å². The van der Waals surface area contributed by atoms with Crippen LogP contribution in [0.15, 0.2) is 58.3 Å². The molecule has 0 atom stereocenters. The lowest BCUT2D eigenvalue weighted by Gasteiger charge is -2.04. The van der Waals surface area contributed by atoms with Gasteiger partial charge in [-0.1, -0.05) is 11.8 Å². The maximum atomic E-state index is 10.6. The van der Waals surface area contributed by atoms with Crippen molar-refractivity contribution in [2.75, 3.05) is 0 Å². The molecule has 0 heterocycles. The third-order valence-corrected chi connectivity index (χ3v) is 3.45. The molecule has 0 unspecified atom stereocenters. The lowest BCUT2D eigenvalue weighted by atomic mass is 10.3. The van der Waals surface area contributed by atoms with Crippen LogP contribution in [0.2, 0.25) is 0 Å². The Labute approximate surface area is 134 Å². The number of benzene rings is 2. The fourth-order valence-corrected chi connectivity index (χ4v) is 2.47. The van der Waals surface area contributed by atoms with Crippen molar-refractivity contribution in [3.05, 3.63) is 48.5 Å². The van der Waals surface area contributed by atoms with Gasteiger partial charge in [0, 0.05) is 33.0 Å². The van der Waals surface area contributed by atoms with E-state index in [1.165, 1.54) is 11.8 Å². The SMILES string of the molecule is O=C(Cl)Oc1ccc(Sc2ccc(OC(=O)Cl)cc2)cc1. The first-order valence-corrected chi connectivity index (χ1v) is 7.23. The molecule has 0 radical (unpaired) electrons. The minimum absolute atomic E-state index is 0.378. The zero-order valence-electron chi connectivity index (χ0n) is 10.4. The van der Waals surface area contributed by atoms with E-state index in [4.69, 9.17) is 32.7 Å². The van der Waals surface area contributed by atoms with Crippen molar-refractivity contribution in [2.45, 2.75) is 9.79 Å². The summed E-state index contributed by atoms with van der Waals surface area (Å²) in [6.07, 6.45) is 0. The molecule has 2 rings (SSSR count). The number of carbonyl (C=O) groups excluding carboxylic acids is 2. The lowest BCUT2D eigenvalue weighted by molar-refractivity contribution is 0.224. The van der Waals surface area contributed by atoms with Crippen LogP contribution in [0.5, 0.6) is 11.5 Å². The minimum atomic E-state index is -0.875. The molecule has 0 amide bonds. The summed E-state index contributed by atoms with van der Waals surface area (Å²) in [7, 11) is 0. The topological polar surface area (TPSA) is 52.6 Å². The van der Waals surface area contributed by atoms with Crippen molar-refractivity contribution >= 4 is 45.8 Å². The first-order chi connectivity index (χ1) is 10.0. The standard InChI is InChI=1S/C14H8Cl2O4S/c15-13(17)19-9-1-5-11(6-2-9)21-12-7-3-10(4-8-12)20-14(16)18/h1-8H. The summed E-state index contributed by atoms with van der Waals surface area (Å²) in [6.45, 7) is 0. The van der Waals surface area contributed by atoms with Crippen molar-refractivity contribution in [3.63, 3.8) is 0 Å². The van der Waals surface area contributed by atoms with Crippen molar-refractivity contribution in [1.29, 1.82) is 0 Å². The molecular formula is C14H8Cl2O4S. The van der Waals surface area contributed by atoms with Crippen LogP contribution < -0.4 is 9.47 Å². The van der Waals surface area contributed by atoms with Gasteiger partial charge in [-0.25, -0.2) is 9.59 Å². The van der Waals surface area contributed by atoms with E-state index in [0.29, 0.717) is 11.5 Å². The largest absolute Gasteiger partial charge is 0.415 e. The second kappa shape index (κ2) is 7.36. The molecule has 108 valence electrons. The quantitative estimate of drug-likeness (QED) is 0.704. The molecule has 2 aromatic carbocycles. The van der Waals surface area contributed by atoms with Gasteiger partial charge in [0.1, 0.15) is 11.5 Å². The smallest absolute Gasteiger partial charge is 0.409 e. The van der Waals surface area contributed by atoms with E-state index in [-0.39, 0.29) is 0 Å². The molecule has 0 aliphatic rings. The fourth-order valence-electron chi connectivity index (χ4n) is 1.47. The van der Waals surface area contributed by atoms with Gasteiger partial charge in [-0.15, -0.1) is 0 Å². The fraction of sp³-hybridized carbons (Fsp3) is 0. The summed E-state index contributed by atoms with van der Waals surface area (Å²) >= 11 is 11.7. The van der Waals surface area contributed by atoms with Crippen molar-refractivity contribution in [3.8, 4) is 11.5 Å². The van der Waals surface area contributed by atoms with Crippen molar-refractivity contribution in [2.24, 2.45) is 0 Å². The van der Waals surface area contributed by atoms with Crippen LogP contribution in [0.1, 0.15) is 0 Å². The third-order valence-electron chi connectivity index (χ3n) is 2.28. The van der Waals surface area contributed by atoms with Crippen LogP contribution in [0.3, 0.4) is 0 Å². The average Bonchev–Trinajstić information content (AvgIpc) is 2.42. The monoisotopic (exact) mass is 342 g/mol. The zero-order chi connectivity index (χ0) is 15.2. The normalized spacial score (nSPS) is 10.0.